The van der Waals surface area contributed by atoms with Crippen LogP contribution in [0.15, 0.2) is 33.5 Å². The van der Waals surface area contributed by atoms with Crippen LogP contribution in [0.25, 0.3) is 11.0 Å². The molecular weight excluding hydrogens is 296 g/mol. The molecule has 1 fully saturated rings. The van der Waals surface area contributed by atoms with Crippen molar-refractivity contribution in [2.45, 2.75) is 29.7 Å². The van der Waals surface area contributed by atoms with Crippen LogP contribution in [0.5, 0.6) is 5.95 Å². The van der Waals surface area contributed by atoms with Crippen molar-refractivity contribution in [2.75, 3.05) is 0 Å². The maximum absolute atomic E-state index is 12.5. The fraction of sp³-hybridized carbons (Fsp3) is 0.357. The molecule has 0 bridgehead atoms. The Morgan fingerprint density at radius 2 is 2.06 bits per heavy atom. The highest BCUT2D eigenvalue weighted by molar-refractivity contribution is 9.09. The third-order valence-electron chi connectivity index (χ3n) is 3.92. The zero-order valence-electron chi connectivity index (χ0n) is 9.56. The van der Waals surface area contributed by atoms with E-state index in [1.807, 2.05) is 18.2 Å². The Morgan fingerprint density at radius 1 is 1.22 bits per heavy atom. The average molecular weight is 307 g/mol. The highest BCUT2D eigenvalue weighted by Crippen LogP contribution is 2.48. The van der Waals surface area contributed by atoms with Crippen molar-refractivity contribution in [1.82, 2.24) is 0 Å². The largest absolute Gasteiger partial charge is 0.460 e. The van der Waals surface area contributed by atoms with Crippen LogP contribution >= 0.6 is 15.9 Å². The van der Waals surface area contributed by atoms with E-state index in [1.165, 1.54) is 0 Å². The summed E-state index contributed by atoms with van der Waals surface area (Å²) < 4.78 is 11.5. The first-order valence-electron chi connectivity index (χ1n) is 6.12. The summed E-state index contributed by atoms with van der Waals surface area (Å²) in [6, 6.07) is 7.34. The molecule has 1 aromatic carbocycles. The van der Waals surface area contributed by atoms with Gasteiger partial charge in [0.05, 0.1) is 15.8 Å². The van der Waals surface area contributed by atoms with Gasteiger partial charge in [-0.05, 0) is 25.0 Å². The van der Waals surface area contributed by atoms with Gasteiger partial charge in [0.25, 0.3) is 5.95 Å². The van der Waals surface area contributed by atoms with Crippen LogP contribution in [0.2, 0.25) is 0 Å². The number of hydrogen-bond acceptors (Lipinski definition) is 3. The van der Waals surface area contributed by atoms with Crippen LogP contribution in [-0.2, 0) is 0 Å². The van der Waals surface area contributed by atoms with Crippen molar-refractivity contribution in [2.24, 2.45) is 0 Å². The molecule has 1 aromatic heterocycles. The van der Waals surface area contributed by atoms with Gasteiger partial charge in [0.15, 0.2) is 5.43 Å². The van der Waals surface area contributed by atoms with Gasteiger partial charge in [-0.15, -0.1) is 0 Å². The van der Waals surface area contributed by atoms with Crippen LogP contribution in [0.3, 0.4) is 0 Å². The minimum absolute atomic E-state index is 0.0493. The zero-order chi connectivity index (χ0) is 12.3. The van der Waals surface area contributed by atoms with Crippen molar-refractivity contribution in [1.29, 1.82) is 0 Å². The number of hydrogen-bond donors (Lipinski definition) is 0. The lowest BCUT2D eigenvalue weighted by Gasteiger charge is -2.11. The smallest absolute Gasteiger partial charge is 0.292 e. The van der Waals surface area contributed by atoms with E-state index in [0.717, 1.165) is 18.4 Å². The summed E-state index contributed by atoms with van der Waals surface area (Å²) in [5, 5.41) is 0.651. The van der Waals surface area contributed by atoms with Gasteiger partial charge >= 0.3 is 0 Å². The van der Waals surface area contributed by atoms with Crippen LogP contribution in [0.4, 0.5) is 0 Å². The second-order valence-electron chi connectivity index (χ2n) is 4.91. The number of benzene rings is 1. The Bertz CT molecular complexity index is 691. The van der Waals surface area contributed by atoms with Gasteiger partial charge in [-0.25, -0.2) is 0 Å². The molecule has 2 aromatic rings. The molecule has 3 atom stereocenters. The third-order valence-corrected chi connectivity index (χ3v) is 4.90. The van der Waals surface area contributed by atoms with E-state index in [4.69, 9.17) is 9.15 Å². The summed E-state index contributed by atoms with van der Waals surface area (Å²) in [6.07, 6.45) is 2.07. The summed E-state index contributed by atoms with van der Waals surface area (Å²) in [5.74, 6) is 0.614. The maximum atomic E-state index is 12.5. The monoisotopic (exact) mass is 306 g/mol. The Hall–Kier alpha value is -1.29. The number of ether oxygens (including phenoxy) is 1. The molecule has 4 rings (SSSR count). The molecule has 2 heterocycles. The van der Waals surface area contributed by atoms with Gasteiger partial charge in [0, 0.05) is 5.92 Å². The molecule has 0 amide bonds. The van der Waals surface area contributed by atoms with E-state index in [9.17, 15) is 4.79 Å². The van der Waals surface area contributed by atoms with Gasteiger partial charge in [0.1, 0.15) is 11.7 Å². The molecule has 1 unspecified atom stereocenters. The zero-order valence-corrected chi connectivity index (χ0v) is 11.1. The standard InChI is InChI=1S/C14H11BrO3/c15-9-6-5-8-11-12(16)7-3-1-2-4-10(7)17-14(11)18-13(8)9/h1-4,8-9,13H,5-6H2/t8?,9-,13-/m1/s1. The topological polar surface area (TPSA) is 39.4 Å². The first kappa shape index (κ1) is 10.6. The number of fused-ring (bicyclic) bond motifs is 4. The molecule has 0 radical (unpaired) electrons. The second-order valence-corrected chi connectivity index (χ2v) is 6.09. The minimum Gasteiger partial charge on any atom is -0.460 e. The number of rotatable bonds is 0. The van der Waals surface area contributed by atoms with Crippen molar-refractivity contribution < 1.29 is 9.15 Å². The molecule has 0 saturated heterocycles. The second kappa shape index (κ2) is 3.60. The van der Waals surface area contributed by atoms with Gasteiger partial charge < -0.3 is 9.15 Å². The van der Waals surface area contributed by atoms with E-state index in [2.05, 4.69) is 15.9 Å². The van der Waals surface area contributed by atoms with Crippen molar-refractivity contribution in [3.05, 3.63) is 40.1 Å². The summed E-state index contributed by atoms with van der Waals surface area (Å²) in [4.78, 5) is 12.8. The first-order valence-corrected chi connectivity index (χ1v) is 7.04. The molecule has 3 nitrogen and oxygen atoms in total. The molecule has 2 aliphatic rings. The SMILES string of the molecule is O=c1c2c(oc3ccccc13)O[C@@H]1C2CC[C@H]1Br. The highest BCUT2D eigenvalue weighted by Gasteiger charge is 2.46. The van der Waals surface area contributed by atoms with Crippen molar-refractivity contribution in [3.8, 4) is 5.95 Å². The van der Waals surface area contributed by atoms with Crippen LogP contribution in [-0.4, -0.2) is 10.9 Å². The summed E-state index contributed by atoms with van der Waals surface area (Å²) >= 11 is 3.62. The molecule has 4 heteroatoms. The summed E-state index contributed by atoms with van der Waals surface area (Å²) in [5.41, 5.74) is 1.41. The molecule has 1 aliphatic heterocycles. The molecule has 0 spiro atoms. The molecule has 0 N–H and O–H groups in total. The van der Waals surface area contributed by atoms with E-state index >= 15 is 0 Å². The van der Waals surface area contributed by atoms with Crippen LogP contribution in [0.1, 0.15) is 24.3 Å². The molecule has 18 heavy (non-hydrogen) atoms. The van der Waals surface area contributed by atoms with E-state index in [0.29, 0.717) is 21.7 Å². The van der Waals surface area contributed by atoms with Crippen molar-refractivity contribution in [3.63, 3.8) is 0 Å². The number of halogens is 1. The van der Waals surface area contributed by atoms with Gasteiger partial charge in [-0.1, -0.05) is 28.1 Å². The van der Waals surface area contributed by atoms with Crippen LogP contribution < -0.4 is 10.2 Å². The maximum Gasteiger partial charge on any atom is 0.292 e. The Kier molecular flexibility index (Phi) is 2.13. The molecular formula is C14H11BrO3. The fourth-order valence-electron chi connectivity index (χ4n) is 3.05. The van der Waals surface area contributed by atoms with E-state index < -0.39 is 0 Å². The third kappa shape index (κ3) is 1.27. The quantitative estimate of drug-likeness (QED) is 0.702. The summed E-state index contributed by atoms with van der Waals surface area (Å²) in [6.45, 7) is 0. The minimum atomic E-state index is 0.0493. The fourth-order valence-corrected chi connectivity index (χ4v) is 3.79. The molecule has 1 aliphatic carbocycles. The van der Waals surface area contributed by atoms with E-state index in [1.54, 1.807) is 6.07 Å². The lowest BCUT2D eigenvalue weighted by Crippen LogP contribution is -2.22. The average Bonchev–Trinajstić information content (AvgIpc) is 2.90. The molecule has 92 valence electrons. The Morgan fingerprint density at radius 3 is 2.94 bits per heavy atom. The van der Waals surface area contributed by atoms with Crippen LogP contribution in [0, 0.1) is 0 Å². The van der Waals surface area contributed by atoms with Gasteiger partial charge in [0.2, 0.25) is 0 Å². The lowest BCUT2D eigenvalue weighted by atomic mass is 9.98. The van der Waals surface area contributed by atoms with Crippen molar-refractivity contribution >= 4 is 26.9 Å². The predicted octanol–water partition coefficient (Wildman–Crippen LogP) is 3.19. The number of para-hydroxylation sites is 1. The first-order chi connectivity index (χ1) is 8.75. The van der Waals surface area contributed by atoms with Gasteiger partial charge in [-0.2, -0.15) is 0 Å². The van der Waals surface area contributed by atoms with E-state index in [-0.39, 0.29) is 17.5 Å². The van der Waals surface area contributed by atoms with Gasteiger partial charge in [-0.3, -0.25) is 4.79 Å². The lowest BCUT2D eigenvalue weighted by molar-refractivity contribution is 0.189. The number of alkyl halides is 1. The normalized spacial score (nSPS) is 29.1. The highest BCUT2D eigenvalue weighted by atomic mass is 79.9. The summed E-state index contributed by atoms with van der Waals surface area (Å²) in [7, 11) is 0. The Balaban J connectivity index is 2.01. The Labute approximate surface area is 112 Å². The molecule has 1 saturated carbocycles. The predicted molar refractivity (Wildman–Crippen MR) is 71.6 cm³/mol.